The van der Waals surface area contributed by atoms with Crippen molar-refractivity contribution in [3.63, 3.8) is 0 Å². The molecule has 0 bridgehead atoms. The van der Waals surface area contributed by atoms with E-state index in [9.17, 15) is 18.0 Å². The van der Waals surface area contributed by atoms with Gasteiger partial charge in [-0.15, -0.1) is 0 Å². The van der Waals surface area contributed by atoms with Crippen LogP contribution in [0.4, 0.5) is 11.5 Å². The molecule has 11 heteroatoms. The van der Waals surface area contributed by atoms with Gasteiger partial charge in [-0.25, -0.2) is 23.2 Å². The van der Waals surface area contributed by atoms with Crippen LogP contribution in [0.15, 0.2) is 82.6 Å². The first kappa shape index (κ1) is 21.0. The summed E-state index contributed by atoms with van der Waals surface area (Å²) in [6.45, 7) is -0.519. The van der Waals surface area contributed by atoms with Gasteiger partial charge in [0.1, 0.15) is 11.3 Å². The molecule has 0 atom stereocenters. The predicted octanol–water partition coefficient (Wildman–Crippen LogP) is 2.82. The maximum atomic E-state index is 12.4. The van der Waals surface area contributed by atoms with Crippen LogP contribution in [-0.2, 0) is 19.6 Å². The third-order valence-corrected chi connectivity index (χ3v) is 5.62. The van der Waals surface area contributed by atoms with Gasteiger partial charge in [0.15, 0.2) is 18.6 Å². The average molecular weight is 452 g/mol. The number of rotatable bonds is 7. The van der Waals surface area contributed by atoms with Crippen LogP contribution in [0.5, 0.6) is 0 Å². The highest BCUT2D eigenvalue weighted by atomic mass is 32.2. The molecule has 2 heterocycles. The maximum absolute atomic E-state index is 12.4. The molecule has 0 unspecified atom stereocenters. The summed E-state index contributed by atoms with van der Waals surface area (Å²) in [5.41, 5.74) is 1.58. The van der Waals surface area contributed by atoms with E-state index in [1.165, 1.54) is 55.1 Å². The first-order valence-corrected chi connectivity index (χ1v) is 10.7. The molecular formula is C21H16N4O6S. The highest BCUT2D eigenvalue weighted by Gasteiger charge is 2.16. The van der Waals surface area contributed by atoms with E-state index in [4.69, 9.17) is 9.15 Å². The van der Waals surface area contributed by atoms with Gasteiger partial charge < -0.3 is 14.5 Å². The molecule has 0 aliphatic rings. The van der Waals surface area contributed by atoms with Gasteiger partial charge in [0.25, 0.3) is 15.9 Å². The average Bonchev–Trinajstić information content (AvgIpc) is 3.26. The largest absolute Gasteiger partial charge is 0.452 e. The summed E-state index contributed by atoms with van der Waals surface area (Å²) in [6, 6.07) is 15.0. The minimum atomic E-state index is -3.83. The number of benzene rings is 2. The van der Waals surface area contributed by atoms with Crippen LogP contribution in [0, 0.1) is 0 Å². The molecule has 2 aromatic heterocycles. The van der Waals surface area contributed by atoms with Crippen LogP contribution in [0.3, 0.4) is 0 Å². The van der Waals surface area contributed by atoms with Crippen LogP contribution in [0.2, 0.25) is 0 Å². The Morgan fingerprint density at radius 2 is 1.81 bits per heavy atom. The second-order valence-electron chi connectivity index (χ2n) is 6.50. The Morgan fingerprint density at radius 3 is 2.56 bits per heavy atom. The van der Waals surface area contributed by atoms with Gasteiger partial charge in [-0.1, -0.05) is 6.07 Å². The molecule has 0 aliphatic heterocycles. The van der Waals surface area contributed by atoms with E-state index < -0.39 is 28.5 Å². The standard InChI is InChI=1S/C21H16N4O6S/c26-20(12-30-21(27)14-4-9-17-18(11-14)31-13-23-17)24-15-5-7-16(8-6-15)32(28,29)25-19-3-1-2-10-22-19/h1-11,13H,12H2,(H,22,25)(H,24,26). The Balaban J connectivity index is 1.32. The van der Waals surface area contributed by atoms with Crippen LogP contribution in [-0.4, -0.2) is 36.9 Å². The van der Waals surface area contributed by atoms with Crippen molar-refractivity contribution < 1.29 is 27.2 Å². The molecule has 0 fully saturated rings. The number of fused-ring (bicyclic) bond motifs is 1. The zero-order valence-electron chi connectivity index (χ0n) is 16.4. The number of oxazole rings is 1. The minimum Gasteiger partial charge on any atom is -0.452 e. The number of nitrogens with zero attached hydrogens (tertiary/aromatic N) is 2. The number of aromatic nitrogens is 2. The molecule has 4 rings (SSSR count). The van der Waals surface area contributed by atoms with E-state index in [0.29, 0.717) is 16.8 Å². The Morgan fingerprint density at radius 1 is 1.00 bits per heavy atom. The summed E-state index contributed by atoms with van der Waals surface area (Å²) < 4.78 is 37.3. The monoisotopic (exact) mass is 452 g/mol. The summed E-state index contributed by atoms with van der Waals surface area (Å²) in [5.74, 6) is -1.09. The molecule has 0 spiro atoms. The van der Waals surface area contributed by atoms with Crippen molar-refractivity contribution in [1.29, 1.82) is 0 Å². The third-order valence-electron chi connectivity index (χ3n) is 4.25. The molecule has 32 heavy (non-hydrogen) atoms. The maximum Gasteiger partial charge on any atom is 0.338 e. The number of carbonyl (C=O) groups excluding carboxylic acids is 2. The molecule has 162 valence electrons. The summed E-state index contributed by atoms with van der Waals surface area (Å²) >= 11 is 0. The van der Waals surface area contributed by atoms with Crippen LogP contribution in [0.1, 0.15) is 10.4 Å². The predicted molar refractivity (Wildman–Crippen MR) is 114 cm³/mol. The number of amides is 1. The number of nitrogens with one attached hydrogen (secondary N) is 2. The second kappa shape index (κ2) is 8.86. The SMILES string of the molecule is O=C(COC(=O)c1ccc2ncoc2c1)Nc1ccc(S(=O)(=O)Nc2ccccn2)cc1. The molecule has 1 amide bonds. The van der Waals surface area contributed by atoms with Crippen LogP contribution < -0.4 is 10.0 Å². The number of anilines is 2. The topological polar surface area (TPSA) is 140 Å². The van der Waals surface area contributed by atoms with E-state index in [1.54, 1.807) is 18.2 Å². The number of hydrogen-bond acceptors (Lipinski definition) is 8. The first-order chi connectivity index (χ1) is 15.4. The summed E-state index contributed by atoms with van der Waals surface area (Å²) in [6.07, 6.45) is 2.73. The molecule has 0 saturated carbocycles. The van der Waals surface area contributed by atoms with Crippen molar-refractivity contribution >= 4 is 44.5 Å². The van der Waals surface area contributed by atoms with Gasteiger partial charge in [-0.3, -0.25) is 9.52 Å². The number of carbonyl (C=O) groups is 2. The van der Waals surface area contributed by atoms with Gasteiger partial charge in [0.05, 0.1) is 10.5 Å². The van der Waals surface area contributed by atoms with Crippen molar-refractivity contribution in [2.24, 2.45) is 0 Å². The Bertz CT molecular complexity index is 1370. The lowest BCUT2D eigenvalue weighted by atomic mass is 10.2. The quantitative estimate of drug-likeness (QED) is 0.408. The van der Waals surface area contributed by atoms with E-state index in [-0.39, 0.29) is 16.3 Å². The molecule has 2 N–H and O–H groups in total. The van der Waals surface area contributed by atoms with Crippen molar-refractivity contribution in [3.05, 3.63) is 78.8 Å². The molecule has 0 radical (unpaired) electrons. The lowest BCUT2D eigenvalue weighted by molar-refractivity contribution is -0.119. The highest BCUT2D eigenvalue weighted by Crippen LogP contribution is 2.18. The molecule has 0 aliphatic carbocycles. The fourth-order valence-corrected chi connectivity index (χ4v) is 3.74. The lowest BCUT2D eigenvalue weighted by Crippen LogP contribution is -2.21. The van der Waals surface area contributed by atoms with E-state index in [1.807, 2.05) is 0 Å². The Labute approximate surface area is 182 Å². The molecule has 10 nitrogen and oxygen atoms in total. The number of ether oxygens (including phenoxy) is 1. The minimum absolute atomic E-state index is 0.00427. The van der Waals surface area contributed by atoms with E-state index >= 15 is 0 Å². The highest BCUT2D eigenvalue weighted by molar-refractivity contribution is 7.92. The first-order valence-electron chi connectivity index (χ1n) is 9.25. The molecule has 0 saturated heterocycles. The lowest BCUT2D eigenvalue weighted by Gasteiger charge is -2.09. The zero-order chi connectivity index (χ0) is 22.6. The van der Waals surface area contributed by atoms with Crippen LogP contribution in [0.25, 0.3) is 11.1 Å². The van der Waals surface area contributed by atoms with Crippen molar-refractivity contribution in [2.45, 2.75) is 4.90 Å². The number of pyridine rings is 1. The van der Waals surface area contributed by atoms with E-state index in [0.717, 1.165) is 0 Å². The smallest absolute Gasteiger partial charge is 0.338 e. The van der Waals surface area contributed by atoms with Gasteiger partial charge in [0, 0.05) is 11.9 Å². The molecular weight excluding hydrogens is 436 g/mol. The number of hydrogen-bond donors (Lipinski definition) is 2. The zero-order valence-corrected chi connectivity index (χ0v) is 17.2. The number of esters is 1. The summed E-state index contributed by atoms with van der Waals surface area (Å²) in [4.78, 5) is 32.1. The van der Waals surface area contributed by atoms with E-state index in [2.05, 4.69) is 20.0 Å². The van der Waals surface area contributed by atoms with Gasteiger partial charge >= 0.3 is 5.97 Å². The summed E-state index contributed by atoms with van der Waals surface area (Å²) in [7, 11) is -3.83. The van der Waals surface area contributed by atoms with Crippen molar-refractivity contribution in [3.8, 4) is 0 Å². The number of sulfonamides is 1. The third kappa shape index (κ3) is 4.90. The van der Waals surface area contributed by atoms with Gasteiger partial charge in [-0.2, -0.15) is 0 Å². The van der Waals surface area contributed by atoms with Gasteiger partial charge in [0.2, 0.25) is 0 Å². The summed E-state index contributed by atoms with van der Waals surface area (Å²) in [5, 5.41) is 2.53. The normalized spacial score (nSPS) is 11.1. The second-order valence-corrected chi connectivity index (χ2v) is 8.19. The Hall–Kier alpha value is -4.25. The fraction of sp³-hybridized carbons (Fsp3) is 0.0476. The van der Waals surface area contributed by atoms with Gasteiger partial charge in [-0.05, 0) is 54.6 Å². The van der Waals surface area contributed by atoms with Crippen molar-refractivity contribution in [1.82, 2.24) is 9.97 Å². The molecule has 2 aromatic carbocycles. The Kier molecular flexibility index (Phi) is 5.81. The molecule has 4 aromatic rings. The fourth-order valence-electron chi connectivity index (χ4n) is 2.73. The van der Waals surface area contributed by atoms with Crippen molar-refractivity contribution in [2.75, 3.05) is 16.6 Å². The van der Waals surface area contributed by atoms with Crippen LogP contribution >= 0.6 is 0 Å².